The SMILES string of the molecule is CCOC(C=Cc1ccccc1)c1cccs1. The molecule has 1 unspecified atom stereocenters. The molecule has 17 heavy (non-hydrogen) atoms. The molecule has 1 atom stereocenters. The summed E-state index contributed by atoms with van der Waals surface area (Å²) in [4.78, 5) is 1.25. The van der Waals surface area contributed by atoms with Crippen LogP contribution in [0.5, 0.6) is 0 Å². The molecule has 0 bridgehead atoms. The van der Waals surface area contributed by atoms with Crippen molar-refractivity contribution in [3.63, 3.8) is 0 Å². The molecule has 0 saturated carbocycles. The van der Waals surface area contributed by atoms with Gasteiger partial charge in [-0.3, -0.25) is 0 Å². The minimum atomic E-state index is 0.0696. The van der Waals surface area contributed by atoms with Gasteiger partial charge < -0.3 is 4.74 Å². The highest BCUT2D eigenvalue weighted by atomic mass is 32.1. The van der Waals surface area contributed by atoms with E-state index in [4.69, 9.17) is 4.74 Å². The first kappa shape index (κ1) is 12.1. The van der Waals surface area contributed by atoms with E-state index in [1.54, 1.807) is 11.3 Å². The molecular formula is C15H16OS. The highest BCUT2D eigenvalue weighted by Crippen LogP contribution is 2.24. The highest BCUT2D eigenvalue weighted by molar-refractivity contribution is 7.10. The lowest BCUT2D eigenvalue weighted by molar-refractivity contribution is 0.0998. The van der Waals surface area contributed by atoms with Crippen LogP contribution in [0.15, 0.2) is 53.9 Å². The Labute approximate surface area is 106 Å². The lowest BCUT2D eigenvalue weighted by atomic mass is 10.2. The molecule has 1 aromatic carbocycles. The van der Waals surface area contributed by atoms with E-state index >= 15 is 0 Å². The summed E-state index contributed by atoms with van der Waals surface area (Å²) in [6.45, 7) is 2.75. The first-order chi connectivity index (χ1) is 8.40. The zero-order valence-electron chi connectivity index (χ0n) is 9.87. The van der Waals surface area contributed by atoms with Crippen LogP contribution in [-0.4, -0.2) is 6.61 Å². The van der Waals surface area contributed by atoms with Crippen molar-refractivity contribution >= 4 is 17.4 Å². The zero-order chi connectivity index (χ0) is 11.9. The van der Waals surface area contributed by atoms with Crippen LogP contribution in [0.3, 0.4) is 0 Å². The van der Waals surface area contributed by atoms with Gasteiger partial charge >= 0.3 is 0 Å². The summed E-state index contributed by atoms with van der Waals surface area (Å²) >= 11 is 1.73. The van der Waals surface area contributed by atoms with Gasteiger partial charge in [0.15, 0.2) is 0 Å². The molecule has 0 radical (unpaired) electrons. The third-order valence-corrected chi connectivity index (χ3v) is 3.37. The second-order valence-corrected chi connectivity index (χ2v) is 4.64. The maximum atomic E-state index is 5.73. The molecule has 2 heteroatoms. The van der Waals surface area contributed by atoms with Crippen molar-refractivity contribution in [3.05, 3.63) is 64.4 Å². The van der Waals surface area contributed by atoms with Crippen LogP contribution in [0.4, 0.5) is 0 Å². The average Bonchev–Trinajstić information content (AvgIpc) is 2.89. The van der Waals surface area contributed by atoms with Crippen LogP contribution in [0.1, 0.15) is 23.5 Å². The van der Waals surface area contributed by atoms with Crippen molar-refractivity contribution in [3.8, 4) is 0 Å². The molecule has 1 aromatic heterocycles. The van der Waals surface area contributed by atoms with Crippen molar-refractivity contribution in [1.29, 1.82) is 0 Å². The van der Waals surface area contributed by atoms with Crippen molar-refractivity contribution in [2.45, 2.75) is 13.0 Å². The van der Waals surface area contributed by atoms with E-state index in [2.05, 4.69) is 41.8 Å². The second kappa shape index (κ2) is 6.38. The predicted octanol–water partition coefficient (Wildman–Crippen LogP) is 4.54. The van der Waals surface area contributed by atoms with Crippen LogP contribution < -0.4 is 0 Å². The maximum Gasteiger partial charge on any atom is 0.110 e. The molecule has 2 aromatic rings. The Morgan fingerprint density at radius 2 is 2.00 bits per heavy atom. The predicted molar refractivity (Wildman–Crippen MR) is 74.2 cm³/mol. The van der Waals surface area contributed by atoms with Gasteiger partial charge in [0, 0.05) is 11.5 Å². The Balaban J connectivity index is 2.11. The van der Waals surface area contributed by atoms with Gasteiger partial charge in [0.05, 0.1) is 0 Å². The monoisotopic (exact) mass is 244 g/mol. The first-order valence-electron chi connectivity index (χ1n) is 5.78. The fourth-order valence-electron chi connectivity index (χ4n) is 1.63. The summed E-state index contributed by atoms with van der Waals surface area (Å²) in [6, 6.07) is 14.5. The molecular weight excluding hydrogens is 228 g/mol. The van der Waals surface area contributed by atoms with Crippen molar-refractivity contribution < 1.29 is 4.74 Å². The average molecular weight is 244 g/mol. The Hall–Kier alpha value is -1.38. The minimum absolute atomic E-state index is 0.0696. The maximum absolute atomic E-state index is 5.73. The third kappa shape index (κ3) is 3.55. The molecule has 2 rings (SSSR count). The van der Waals surface area contributed by atoms with Gasteiger partial charge in [-0.25, -0.2) is 0 Å². The lowest BCUT2D eigenvalue weighted by Gasteiger charge is -2.10. The summed E-state index contributed by atoms with van der Waals surface area (Å²) in [5, 5.41) is 2.08. The summed E-state index contributed by atoms with van der Waals surface area (Å²) in [6.07, 6.45) is 4.30. The lowest BCUT2D eigenvalue weighted by Crippen LogP contribution is -1.98. The van der Waals surface area contributed by atoms with E-state index < -0.39 is 0 Å². The van der Waals surface area contributed by atoms with Crippen LogP contribution in [-0.2, 0) is 4.74 Å². The molecule has 0 saturated heterocycles. The molecule has 0 aliphatic carbocycles. The second-order valence-electron chi connectivity index (χ2n) is 3.66. The summed E-state index contributed by atoms with van der Waals surface area (Å²) < 4.78 is 5.73. The number of hydrogen-bond donors (Lipinski definition) is 0. The number of hydrogen-bond acceptors (Lipinski definition) is 2. The van der Waals surface area contributed by atoms with Gasteiger partial charge in [-0.05, 0) is 23.9 Å². The Kier molecular flexibility index (Phi) is 4.54. The fourth-order valence-corrected chi connectivity index (χ4v) is 2.38. The molecule has 0 fully saturated rings. The van der Waals surface area contributed by atoms with Crippen LogP contribution in [0.2, 0.25) is 0 Å². The summed E-state index contributed by atoms with van der Waals surface area (Å²) in [5.41, 5.74) is 1.20. The number of thiophene rings is 1. The standard InChI is InChI=1S/C15H16OS/c1-2-16-14(15-9-6-12-17-15)11-10-13-7-4-3-5-8-13/h3-12,14H,2H2,1H3. The molecule has 88 valence electrons. The van der Waals surface area contributed by atoms with E-state index in [0.29, 0.717) is 0 Å². The van der Waals surface area contributed by atoms with Crippen LogP contribution in [0, 0.1) is 0 Å². The van der Waals surface area contributed by atoms with Gasteiger partial charge in [0.2, 0.25) is 0 Å². The fraction of sp³-hybridized carbons (Fsp3) is 0.200. The van der Waals surface area contributed by atoms with Crippen LogP contribution in [0.25, 0.3) is 6.08 Å². The number of benzene rings is 1. The molecule has 0 aliphatic heterocycles. The Morgan fingerprint density at radius 3 is 2.65 bits per heavy atom. The molecule has 0 amide bonds. The Morgan fingerprint density at radius 1 is 1.18 bits per heavy atom. The van der Waals surface area contributed by atoms with Crippen molar-refractivity contribution in [2.75, 3.05) is 6.61 Å². The molecule has 0 aliphatic rings. The number of ether oxygens (including phenoxy) is 1. The summed E-state index contributed by atoms with van der Waals surface area (Å²) in [7, 11) is 0. The van der Waals surface area contributed by atoms with Gasteiger partial charge in [-0.1, -0.05) is 48.6 Å². The normalized spacial score (nSPS) is 13.0. The number of rotatable bonds is 5. The van der Waals surface area contributed by atoms with E-state index in [1.807, 2.05) is 25.1 Å². The smallest absolute Gasteiger partial charge is 0.110 e. The molecule has 0 spiro atoms. The topological polar surface area (TPSA) is 9.23 Å². The molecule has 1 nitrogen and oxygen atoms in total. The van der Waals surface area contributed by atoms with E-state index in [9.17, 15) is 0 Å². The summed E-state index contributed by atoms with van der Waals surface area (Å²) in [5.74, 6) is 0. The third-order valence-electron chi connectivity index (χ3n) is 2.43. The van der Waals surface area contributed by atoms with Gasteiger partial charge in [0.1, 0.15) is 6.10 Å². The molecule has 1 heterocycles. The quantitative estimate of drug-likeness (QED) is 0.750. The van der Waals surface area contributed by atoms with E-state index in [0.717, 1.165) is 6.61 Å². The van der Waals surface area contributed by atoms with E-state index in [-0.39, 0.29) is 6.10 Å². The van der Waals surface area contributed by atoms with Crippen LogP contribution >= 0.6 is 11.3 Å². The Bertz CT molecular complexity index is 445. The van der Waals surface area contributed by atoms with Crippen molar-refractivity contribution in [1.82, 2.24) is 0 Å². The van der Waals surface area contributed by atoms with Crippen molar-refractivity contribution in [2.24, 2.45) is 0 Å². The highest BCUT2D eigenvalue weighted by Gasteiger charge is 2.07. The molecule has 0 N–H and O–H groups in total. The minimum Gasteiger partial charge on any atom is -0.369 e. The zero-order valence-corrected chi connectivity index (χ0v) is 10.7. The van der Waals surface area contributed by atoms with Gasteiger partial charge in [-0.15, -0.1) is 11.3 Å². The van der Waals surface area contributed by atoms with Gasteiger partial charge in [0.25, 0.3) is 0 Å². The van der Waals surface area contributed by atoms with Gasteiger partial charge in [-0.2, -0.15) is 0 Å². The first-order valence-corrected chi connectivity index (χ1v) is 6.66. The largest absolute Gasteiger partial charge is 0.369 e. The van der Waals surface area contributed by atoms with E-state index in [1.165, 1.54) is 10.4 Å².